The molecular formula is C15H23NO4S. The number of methoxy groups -OCH3 is 1. The Labute approximate surface area is 126 Å². The normalized spacial score (nSPS) is 18.9. The van der Waals surface area contributed by atoms with Gasteiger partial charge >= 0.3 is 0 Å². The summed E-state index contributed by atoms with van der Waals surface area (Å²) in [6.07, 6.45) is 1.15. The molecule has 0 amide bonds. The van der Waals surface area contributed by atoms with Crippen LogP contribution in [0, 0.1) is 5.41 Å². The van der Waals surface area contributed by atoms with Gasteiger partial charge in [-0.15, -0.1) is 0 Å². The molecule has 0 unspecified atom stereocenters. The average Bonchev–Trinajstić information content (AvgIpc) is 2.80. The lowest BCUT2D eigenvalue weighted by Crippen LogP contribution is -2.31. The van der Waals surface area contributed by atoms with Gasteiger partial charge in [0.2, 0.25) is 10.0 Å². The Kier molecular flexibility index (Phi) is 4.60. The van der Waals surface area contributed by atoms with Crippen LogP contribution in [0.1, 0.15) is 25.8 Å². The van der Waals surface area contributed by atoms with E-state index >= 15 is 0 Å². The van der Waals surface area contributed by atoms with Crippen LogP contribution in [0.25, 0.3) is 0 Å². The number of hydrogen-bond acceptors (Lipinski definition) is 4. The van der Waals surface area contributed by atoms with Gasteiger partial charge in [0, 0.05) is 19.7 Å². The fourth-order valence-electron chi connectivity index (χ4n) is 2.66. The number of aliphatic hydroxyl groups is 1. The Morgan fingerprint density at radius 2 is 2.10 bits per heavy atom. The monoisotopic (exact) mass is 313 g/mol. The largest absolute Gasteiger partial charge is 0.497 e. The molecule has 6 heteroatoms. The van der Waals surface area contributed by atoms with E-state index in [4.69, 9.17) is 4.74 Å². The molecule has 1 aliphatic heterocycles. The van der Waals surface area contributed by atoms with Gasteiger partial charge < -0.3 is 9.84 Å². The predicted octanol–water partition coefficient (Wildman–Crippen LogP) is 1.65. The van der Waals surface area contributed by atoms with Crippen LogP contribution < -0.4 is 4.74 Å². The zero-order valence-electron chi connectivity index (χ0n) is 12.8. The summed E-state index contributed by atoms with van der Waals surface area (Å²) in [6.45, 7) is 5.12. The van der Waals surface area contributed by atoms with Crippen LogP contribution >= 0.6 is 0 Å². The third-order valence-corrected chi connectivity index (χ3v) is 5.85. The topological polar surface area (TPSA) is 66.8 Å². The lowest BCUT2D eigenvalue weighted by atomic mass is 9.93. The zero-order valence-corrected chi connectivity index (χ0v) is 13.6. The van der Waals surface area contributed by atoms with E-state index in [1.807, 2.05) is 0 Å². The predicted molar refractivity (Wildman–Crippen MR) is 80.9 cm³/mol. The molecule has 5 nitrogen and oxygen atoms in total. The third kappa shape index (κ3) is 3.39. The van der Waals surface area contributed by atoms with E-state index in [0.29, 0.717) is 30.8 Å². The maximum atomic E-state index is 12.8. The number of nitrogens with zero attached hydrogens (tertiary/aromatic N) is 1. The molecule has 0 spiro atoms. The molecule has 1 N–H and O–H groups in total. The molecule has 0 radical (unpaired) electrons. The molecule has 1 heterocycles. The molecule has 1 aromatic rings. The summed E-state index contributed by atoms with van der Waals surface area (Å²) in [6, 6.07) is 4.91. The number of rotatable bonds is 5. The Balaban J connectivity index is 2.40. The lowest BCUT2D eigenvalue weighted by molar-refractivity contribution is 0.298. The summed E-state index contributed by atoms with van der Waals surface area (Å²) in [5.74, 6) is 0.596. The van der Waals surface area contributed by atoms with Crippen LogP contribution in [0.3, 0.4) is 0 Å². The highest BCUT2D eigenvalue weighted by atomic mass is 32.2. The first kappa shape index (κ1) is 16.3. The second kappa shape index (κ2) is 5.94. The molecule has 2 rings (SSSR count). The summed E-state index contributed by atoms with van der Waals surface area (Å²) < 4.78 is 32.3. The molecule has 1 aromatic carbocycles. The maximum Gasteiger partial charge on any atom is 0.243 e. The molecule has 1 aliphatic rings. The molecule has 0 atom stereocenters. The highest BCUT2D eigenvalue weighted by molar-refractivity contribution is 7.89. The minimum Gasteiger partial charge on any atom is -0.497 e. The zero-order chi connectivity index (χ0) is 15.7. The van der Waals surface area contributed by atoms with Gasteiger partial charge in [-0.25, -0.2) is 8.42 Å². The van der Waals surface area contributed by atoms with Crippen molar-refractivity contribution in [3.63, 3.8) is 0 Å². The smallest absolute Gasteiger partial charge is 0.243 e. The van der Waals surface area contributed by atoms with Crippen LogP contribution in [0.5, 0.6) is 5.75 Å². The van der Waals surface area contributed by atoms with Gasteiger partial charge in [0.25, 0.3) is 0 Å². The first-order valence-electron chi connectivity index (χ1n) is 7.08. The van der Waals surface area contributed by atoms with Crippen LogP contribution in [0.15, 0.2) is 23.1 Å². The highest BCUT2D eigenvalue weighted by Crippen LogP contribution is 2.34. The number of hydrogen-bond donors (Lipinski definition) is 1. The minimum absolute atomic E-state index is 0.0106. The number of ether oxygens (including phenoxy) is 1. The SMILES string of the molecule is COc1ccc(S(=O)(=O)N2CCC(C)(C)C2)c(CCO)c1. The highest BCUT2D eigenvalue weighted by Gasteiger charge is 2.37. The van der Waals surface area contributed by atoms with Gasteiger partial charge in [-0.1, -0.05) is 13.8 Å². The van der Waals surface area contributed by atoms with Crippen molar-refractivity contribution in [1.82, 2.24) is 4.31 Å². The summed E-state index contributed by atoms with van der Waals surface area (Å²) in [7, 11) is -1.98. The van der Waals surface area contributed by atoms with E-state index < -0.39 is 10.0 Å². The van der Waals surface area contributed by atoms with Crippen molar-refractivity contribution < 1.29 is 18.3 Å². The summed E-state index contributed by atoms with van der Waals surface area (Å²) in [5, 5.41) is 9.17. The third-order valence-electron chi connectivity index (χ3n) is 3.91. The second-order valence-corrected chi connectivity index (χ2v) is 8.11. The first-order chi connectivity index (χ1) is 9.80. The van der Waals surface area contributed by atoms with Crippen molar-refractivity contribution in [2.75, 3.05) is 26.8 Å². The van der Waals surface area contributed by atoms with Crippen LogP contribution in [0.2, 0.25) is 0 Å². The molecule has 0 saturated carbocycles. The van der Waals surface area contributed by atoms with Gasteiger partial charge in [-0.2, -0.15) is 4.31 Å². The van der Waals surface area contributed by atoms with Crippen molar-refractivity contribution in [2.45, 2.75) is 31.6 Å². The number of benzene rings is 1. The van der Waals surface area contributed by atoms with E-state index in [1.54, 1.807) is 18.2 Å². The fraction of sp³-hybridized carbons (Fsp3) is 0.600. The summed E-state index contributed by atoms with van der Waals surface area (Å²) >= 11 is 0. The molecule has 0 aliphatic carbocycles. The number of sulfonamides is 1. The van der Waals surface area contributed by atoms with Gasteiger partial charge in [0.05, 0.1) is 12.0 Å². The van der Waals surface area contributed by atoms with Gasteiger partial charge in [0.15, 0.2) is 0 Å². The molecule has 0 aromatic heterocycles. The van der Waals surface area contributed by atoms with E-state index in [1.165, 1.54) is 11.4 Å². The van der Waals surface area contributed by atoms with Gasteiger partial charge in [-0.05, 0) is 42.0 Å². The van der Waals surface area contributed by atoms with Crippen molar-refractivity contribution in [3.8, 4) is 5.75 Å². The van der Waals surface area contributed by atoms with Crippen molar-refractivity contribution in [2.24, 2.45) is 5.41 Å². The van der Waals surface area contributed by atoms with Crippen molar-refractivity contribution in [3.05, 3.63) is 23.8 Å². The van der Waals surface area contributed by atoms with Crippen LogP contribution in [0.4, 0.5) is 0 Å². The summed E-state index contributed by atoms with van der Waals surface area (Å²) in [4.78, 5) is 0.273. The van der Waals surface area contributed by atoms with E-state index in [0.717, 1.165) is 6.42 Å². The molecule has 1 saturated heterocycles. The van der Waals surface area contributed by atoms with E-state index in [2.05, 4.69) is 13.8 Å². The Bertz CT molecular complexity index is 610. The van der Waals surface area contributed by atoms with Crippen molar-refractivity contribution in [1.29, 1.82) is 0 Å². The molecular weight excluding hydrogens is 290 g/mol. The first-order valence-corrected chi connectivity index (χ1v) is 8.52. The quantitative estimate of drug-likeness (QED) is 0.897. The maximum absolute atomic E-state index is 12.8. The minimum atomic E-state index is -3.52. The lowest BCUT2D eigenvalue weighted by Gasteiger charge is -2.21. The fourth-order valence-corrected chi connectivity index (χ4v) is 4.52. The second-order valence-electron chi connectivity index (χ2n) is 6.20. The molecule has 21 heavy (non-hydrogen) atoms. The van der Waals surface area contributed by atoms with Gasteiger partial charge in [-0.3, -0.25) is 0 Å². The summed E-state index contributed by atoms with van der Waals surface area (Å²) in [5.41, 5.74) is 0.609. The molecule has 1 fully saturated rings. The molecule has 0 bridgehead atoms. The van der Waals surface area contributed by atoms with Crippen LogP contribution in [-0.2, 0) is 16.4 Å². The standard InChI is InChI=1S/C15H23NO4S/c1-15(2)7-8-16(11-15)21(18,19)14-5-4-13(20-3)10-12(14)6-9-17/h4-5,10,17H,6-9,11H2,1-3H3. The number of aliphatic hydroxyl groups excluding tert-OH is 1. The van der Waals surface area contributed by atoms with E-state index in [9.17, 15) is 13.5 Å². The average molecular weight is 313 g/mol. The van der Waals surface area contributed by atoms with Crippen LogP contribution in [-0.4, -0.2) is 44.6 Å². The Morgan fingerprint density at radius 3 is 2.62 bits per heavy atom. The Morgan fingerprint density at radius 1 is 1.38 bits per heavy atom. The van der Waals surface area contributed by atoms with Gasteiger partial charge in [0.1, 0.15) is 5.75 Å². The molecule has 118 valence electrons. The van der Waals surface area contributed by atoms with Crippen molar-refractivity contribution >= 4 is 10.0 Å². The van der Waals surface area contributed by atoms with E-state index in [-0.39, 0.29) is 16.9 Å². The Hall–Kier alpha value is -1.11.